The molecular formula is C15H26N2O4. The van der Waals surface area contributed by atoms with E-state index in [-0.39, 0.29) is 24.3 Å². The van der Waals surface area contributed by atoms with Crippen LogP contribution < -0.4 is 0 Å². The predicted molar refractivity (Wildman–Crippen MR) is 78.1 cm³/mol. The van der Waals surface area contributed by atoms with E-state index in [0.717, 1.165) is 6.42 Å². The van der Waals surface area contributed by atoms with Crippen LogP contribution in [0.15, 0.2) is 0 Å². The fraction of sp³-hybridized carbons (Fsp3) is 0.867. The highest BCUT2D eigenvalue weighted by Crippen LogP contribution is 2.34. The van der Waals surface area contributed by atoms with Gasteiger partial charge < -0.3 is 14.4 Å². The van der Waals surface area contributed by atoms with Crippen molar-refractivity contribution in [3.05, 3.63) is 0 Å². The summed E-state index contributed by atoms with van der Waals surface area (Å²) in [6.45, 7) is 12.2. The number of hydrogen-bond acceptors (Lipinski definition) is 4. The Hall–Kier alpha value is -1.46. The number of hydrogen-bond donors (Lipinski definition) is 0. The Labute approximate surface area is 126 Å². The van der Waals surface area contributed by atoms with E-state index in [1.54, 1.807) is 9.80 Å². The van der Waals surface area contributed by atoms with Crippen LogP contribution in [-0.4, -0.2) is 58.4 Å². The molecule has 0 aromatic carbocycles. The van der Waals surface area contributed by atoms with E-state index in [1.807, 2.05) is 41.5 Å². The van der Waals surface area contributed by atoms with Crippen molar-refractivity contribution in [1.29, 1.82) is 0 Å². The van der Waals surface area contributed by atoms with Crippen molar-refractivity contribution in [3.8, 4) is 0 Å². The van der Waals surface area contributed by atoms with Crippen molar-refractivity contribution in [2.24, 2.45) is 0 Å². The minimum Gasteiger partial charge on any atom is -0.444 e. The van der Waals surface area contributed by atoms with Crippen LogP contribution in [0.1, 0.15) is 48.0 Å². The zero-order valence-electron chi connectivity index (χ0n) is 13.8. The second-order valence-corrected chi connectivity index (χ2v) is 7.82. The van der Waals surface area contributed by atoms with Crippen molar-refractivity contribution in [2.75, 3.05) is 13.1 Å². The molecule has 3 aliphatic rings. The van der Waals surface area contributed by atoms with Gasteiger partial charge in [-0.1, -0.05) is 0 Å². The summed E-state index contributed by atoms with van der Waals surface area (Å²) >= 11 is 0. The smallest absolute Gasteiger partial charge is 0.410 e. The maximum atomic E-state index is 12.1. The van der Waals surface area contributed by atoms with Crippen LogP contribution in [0.4, 0.5) is 9.59 Å². The third-order valence-electron chi connectivity index (χ3n) is 3.45. The summed E-state index contributed by atoms with van der Waals surface area (Å²) in [6.07, 6.45) is 0.340. The largest absolute Gasteiger partial charge is 0.444 e. The molecule has 0 aromatic rings. The van der Waals surface area contributed by atoms with Crippen molar-refractivity contribution < 1.29 is 19.1 Å². The summed E-state index contributed by atoms with van der Waals surface area (Å²) in [5.74, 6) is 0. The summed E-state index contributed by atoms with van der Waals surface area (Å²) in [7, 11) is 0. The minimum atomic E-state index is -0.496. The van der Waals surface area contributed by atoms with Crippen LogP contribution in [0.5, 0.6) is 0 Å². The first-order valence-corrected chi connectivity index (χ1v) is 7.45. The summed E-state index contributed by atoms with van der Waals surface area (Å²) in [6, 6.07) is 0.0947. The van der Waals surface area contributed by atoms with Crippen LogP contribution in [0.3, 0.4) is 0 Å². The molecule has 2 amide bonds. The molecule has 0 spiro atoms. The van der Waals surface area contributed by atoms with Gasteiger partial charge in [0, 0.05) is 13.1 Å². The van der Waals surface area contributed by atoms with Crippen LogP contribution in [0, 0.1) is 0 Å². The van der Waals surface area contributed by atoms with Gasteiger partial charge in [-0.3, -0.25) is 4.90 Å². The maximum Gasteiger partial charge on any atom is 0.410 e. The molecule has 2 bridgehead atoms. The van der Waals surface area contributed by atoms with Gasteiger partial charge in [-0.15, -0.1) is 0 Å². The number of rotatable bonds is 0. The highest BCUT2D eigenvalue weighted by Gasteiger charge is 2.50. The van der Waals surface area contributed by atoms with Crippen molar-refractivity contribution in [3.63, 3.8) is 0 Å². The number of piperidine rings is 1. The molecular weight excluding hydrogens is 272 g/mol. The van der Waals surface area contributed by atoms with E-state index in [2.05, 4.69) is 0 Å². The molecule has 2 atom stereocenters. The van der Waals surface area contributed by atoms with Gasteiger partial charge in [0.05, 0.1) is 12.1 Å². The molecule has 6 nitrogen and oxygen atoms in total. The van der Waals surface area contributed by atoms with E-state index in [1.165, 1.54) is 0 Å². The van der Waals surface area contributed by atoms with E-state index in [9.17, 15) is 9.59 Å². The van der Waals surface area contributed by atoms with Gasteiger partial charge in [-0.25, -0.2) is 9.59 Å². The Morgan fingerprint density at radius 2 is 1.29 bits per heavy atom. The lowest BCUT2D eigenvalue weighted by atomic mass is 9.88. The summed E-state index contributed by atoms with van der Waals surface area (Å²) < 4.78 is 10.8. The SMILES string of the molecule is CC(C)(C)OC(=O)N1CC2CC(C1)N2C(=O)OC(C)(C)C. The first-order chi connectivity index (χ1) is 9.46. The number of fused-ring (bicyclic) bond motifs is 2. The van der Waals surface area contributed by atoms with E-state index < -0.39 is 11.2 Å². The highest BCUT2D eigenvalue weighted by molar-refractivity contribution is 5.73. The van der Waals surface area contributed by atoms with Crippen LogP contribution in [-0.2, 0) is 9.47 Å². The van der Waals surface area contributed by atoms with E-state index in [4.69, 9.17) is 9.47 Å². The van der Waals surface area contributed by atoms with Crippen molar-refractivity contribution >= 4 is 12.2 Å². The Kier molecular flexibility index (Phi) is 3.84. The maximum absolute atomic E-state index is 12.1. The van der Waals surface area contributed by atoms with Crippen LogP contribution in [0.2, 0.25) is 0 Å². The monoisotopic (exact) mass is 298 g/mol. The molecule has 120 valence electrons. The third kappa shape index (κ3) is 3.80. The lowest BCUT2D eigenvalue weighted by Gasteiger charge is -2.55. The second kappa shape index (κ2) is 5.07. The Morgan fingerprint density at radius 1 is 0.857 bits per heavy atom. The molecule has 21 heavy (non-hydrogen) atoms. The van der Waals surface area contributed by atoms with Gasteiger partial charge in [0.1, 0.15) is 11.2 Å². The topological polar surface area (TPSA) is 59.1 Å². The van der Waals surface area contributed by atoms with Gasteiger partial charge in [-0.05, 0) is 48.0 Å². The molecule has 0 aromatic heterocycles. The molecule has 3 heterocycles. The molecule has 0 saturated carbocycles. The summed E-state index contributed by atoms with van der Waals surface area (Å²) in [5.41, 5.74) is -0.991. The van der Waals surface area contributed by atoms with E-state index >= 15 is 0 Å². The molecule has 3 saturated heterocycles. The summed E-state index contributed by atoms with van der Waals surface area (Å²) in [5, 5.41) is 0. The first-order valence-electron chi connectivity index (χ1n) is 7.45. The van der Waals surface area contributed by atoms with Gasteiger partial charge in [0.25, 0.3) is 0 Å². The second-order valence-electron chi connectivity index (χ2n) is 7.82. The standard InChI is InChI=1S/C15H26N2O4/c1-14(2,3)20-12(18)16-8-10-7-11(9-16)17(10)13(19)21-15(4,5)6/h10-11H,7-9H2,1-6H3. The zero-order valence-corrected chi connectivity index (χ0v) is 13.8. The molecule has 0 aliphatic carbocycles. The van der Waals surface area contributed by atoms with Gasteiger partial charge in [-0.2, -0.15) is 0 Å². The van der Waals surface area contributed by atoms with Gasteiger partial charge in [0.2, 0.25) is 0 Å². The zero-order chi connectivity index (χ0) is 16.0. The number of piperazine rings is 1. The average molecular weight is 298 g/mol. The van der Waals surface area contributed by atoms with Crippen LogP contribution >= 0.6 is 0 Å². The van der Waals surface area contributed by atoms with E-state index in [0.29, 0.717) is 13.1 Å². The molecule has 2 unspecified atom stereocenters. The molecule has 0 N–H and O–H groups in total. The Balaban J connectivity index is 1.91. The number of nitrogens with zero attached hydrogens (tertiary/aromatic N) is 2. The minimum absolute atomic E-state index is 0.0473. The normalized spacial score (nSPS) is 25.2. The van der Waals surface area contributed by atoms with Gasteiger partial charge >= 0.3 is 12.2 Å². The number of carbonyl (C=O) groups excluding carboxylic acids is 2. The highest BCUT2D eigenvalue weighted by atomic mass is 16.6. The summed E-state index contributed by atoms with van der Waals surface area (Å²) in [4.78, 5) is 27.6. The molecule has 0 radical (unpaired) electrons. The Bertz CT molecular complexity index is 424. The van der Waals surface area contributed by atoms with Gasteiger partial charge in [0.15, 0.2) is 0 Å². The number of amides is 2. The van der Waals surface area contributed by atoms with Crippen LogP contribution in [0.25, 0.3) is 0 Å². The molecule has 3 aliphatic heterocycles. The predicted octanol–water partition coefficient (Wildman–Crippen LogP) is 2.62. The average Bonchev–Trinajstić information content (AvgIpc) is 2.23. The first kappa shape index (κ1) is 15.9. The fourth-order valence-corrected chi connectivity index (χ4v) is 2.70. The molecule has 6 heteroatoms. The lowest BCUT2D eigenvalue weighted by molar-refractivity contribution is -0.0791. The Morgan fingerprint density at radius 3 is 1.71 bits per heavy atom. The number of ether oxygens (including phenoxy) is 2. The quantitative estimate of drug-likeness (QED) is 0.690. The molecule has 3 rings (SSSR count). The third-order valence-corrected chi connectivity index (χ3v) is 3.45. The van der Waals surface area contributed by atoms with Crippen molar-refractivity contribution in [2.45, 2.75) is 71.2 Å². The number of carbonyl (C=O) groups is 2. The fourth-order valence-electron chi connectivity index (χ4n) is 2.70. The molecule has 3 fully saturated rings. The van der Waals surface area contributed by atoms with Crippen molar-refractivity contribution in [1.82, 2.24) is 9.80 Å². The lowest BCUT2D eigenvalue weighted by Crippen LogP contribution is -2.71.